The molecule has 22 heavy (non-hydrogen) atoms. The van der Waals surface area contributed by atoms with Crippen LogP contribution < -0.4 is 5.32 Å². The van der Waals surface area contributed by atoms with Gasteiger partial charge in [0.25, 0.3) is 0 Å². The maximum absolute atomic E-state index is 5.44. The lowest BCUT2D eigenvalue weighted by Gasteiger charge is -2.35. The molecule has 6 nitrogen and oxygen atoms in total. The molecule has 1 aliphatic rings. The van der Waals surface area contributed by atoms with E-state index >= 15 is 0 Å². The first kappa shape index (κ1) is 15.1. The first-order chi connectivity index (χ1) is 10.5. The average Bonchev–Trinajstić information content (AvgIpc) is 2.97. The Morgan fingerprint density at radius 1 is 1.41 bits per heavy atom. The van der Waals surface area contributed by atoms with E-state index in [0.29, 0.717) is 12.4 Å². The van der Waals surface area contributed by atoms with Crippen LogP contribution in [0.25, 0.3) is 0 Å². The van der Waals surface area contributed by atoms with Gasteiger partial charge in [0, 0.05) is 43.5 Å². The Hall–Kier alpha value is -1.79. The smallest absolute Gasteiger partial charge is 0.240 e. The van der Waals surface area contributed by atoms with E-state index in [4.69, 9.17) is 4.52 Å². The third kappa shape index (κ3) is 3.34. The van der Waals surface area contributed by atoms with Gasteiger partial charge in [0.05, 0.1) is 6.54 Å². The first-order valence-electron chi connectivity index (χ1n) is 7.72. The lowest BCUT2D eigenvalue weighted by Crippen LogP contribution is -2.45. The number of hydrogen-bond acceptors (Lipinski definition) is 6. The molecule has 1 saturated heterocycles. The van der Waals surface area contributed by atoms with Crippen LogP contribution in [0.1, 0.15) is 44.1 Å². The molecule has 0 aliphatic carbocycles. The SMILES string of the molecule is CC(C)(C)c1noc(CN2CCNCC2c2cccnc2)n1. The second-order valence-electron chi connectivity index (χ2n) is 6.74. The molecule has 2 aromatic rings. The van der Waals surface area contributed by atoms with E-state index in [0.717, 1.165) is 25.5 Å². The summed E-state index contributed by atoms with van der Waals surface area (Å²) in [6.45, 7) is 9.76. The Morgan fingerprint density at radius 2 is 2.27 bits per heavy atom. The molecule has 0 radical (unpaired) electrons. The van der Waals surface area contributed by atoms with Gasteiger partial charge in [-0.3, -0.25) is 9.88 Å². The van der Waals surface area contributed by atoms with Crippen molar-refractivity contribution in [3.05, 3.63) is 41.8 Å². The molecule has 0 amide bonds. The molecule has 1 unspecified atom stereocenters. The largest absolute Gasteiger partial charge is 0.338 e. The number of piperazine rings is 1. The second-order valence-corrected chi connectivity index (χ2v) is 6.74. The zero-order valence-electron chi connectivity index (χ0n) is 13.4. The molecule has 0 saturated carbocycles. The van der Waals surface area contributed by atoms with Crippen molar-refractivity contribution in [3.8, 4) is 0 Å². The predicted octanol–water partition coefficient (Wildman–Crippen LogP) is 1.91. The molecular weight excluding hydrogens is 278 g/mol. The van der Waals surface area contributed by atoms with Crippen molar-refractivity contribution in [3.63, 3.8) is 0 Å². The second kappa shape index (κ2) is 6.14. The van der Waals surface area contributed by atoms with Gasteiger partial charge in [-0.25, -0.2) is 0 Å². The number of hydrogen-bond donors (Lipinski definition) is 1. The fourth-order valence-electron chi connectivity index (χ4n) is 2.63. The summed E-state index contributed by atoms with van der Waals surface area (Å²) in [6, 6.07) is 4.38. The van der Waals surface area contributed by atoms with Crippen LogP contribution in [0.5, 0.6) is 0 Å². The van der Waals surface area contributed by atoms with Gasteiger partial charge in [-0.1, -0.05) is 32.0 Å². The van der Waals surface area contributed by atoms with Crippen LogP contribution in [0, 0.1) is 0 Å². The van der Waals surface area contributed by atoms with Crippen LogP contribution in [-0.4, -0.2) is 39.7 Å². The Kier molecular flexibility index (Phi) is 4.22. The molecule has 0 spiro atoms. The molecular formula is C16H23N5O. The molecule has 118 valence electrons. The zero-order valence-corrected chi connectivity index (χ0v) is 13.4. The Bertz CT molecular complexity index is 604. The van der Waals surface area contributed by atoms with Crippen molar-refractivity contribution >= 4 is 0 Å². The van der Waals surface area contributed by atoms with Gasteiger partial charge >= 0.3 is 0 Å². The molecule has 2 aromatic heterocycles. The summed E-state index contributed by atoms with van der Waals surface area (Å²) in [5, 5.41) is 7.55. The monoisotopic (exact) mass is 301 g/mol. The van der Waals surface area contributed by atoms with E-state index in [2.05, 4.69) is 52.2 Å². The quantitative estimate of drug-likeness (QED) is 0.934. The van der Waals surface area contributed by atoms with Gasteiger partial charge < -0.3 is 9.84 Å². The minimum absolute atomic E-state index is 0.0893. The lowest BCUT2D eigenvalue weighted by molar-refractivity contribution is 0.135. The average molecular weight is 301 g/mol. The van der Waals surface area contributed by atoms with Gasteiger partial charge in [0.15, 0.2) is 5.82 Å². The molecule has 0 aromatic carbocycles. The Labute approximate surface area is 130 Å². The molecule has 3 rings (SSSR count). The third-order valence-corrected chi connectivity index (χ3v) is 3.90. The summed E-state index contributed by atoms with van der Waals surface area (Å²) in [5.74, 6) is 1.44. The van der Waals surface area contributed by atoms with E-state index in [-0.39, 0.29) is 11.5 Å². The minimum atomic E-state index is -0.0893. The van der Waals surface area contributed by atoms with Crippen molar-refractivity contribution < 1.29 is 4.52 Å². The summed E-state index contributed by atoms with van der Waals surface area (Å²) in [4.78, 5) is 11.1. The van der Waals surface area contributed by atoms with Crippen molar-refractivity contribution in [2.45, 2.75) is 38.8 Å². The molecule has 0 bridgehead atoms. The maximum atomic E-state index is 5.44. The lowest BCUT2D eigenvalue weighted by atomic mass is 9.96. The molecule has 6 heteroatoms. The van der Waals surface area contributed by atoms with Crippen LogP contribution >= 0.6 is 0 Å². The molecule has 1 atom stereocenters. The van der Waals surface area contributed by atoms with E-state index in [1.807, 2.05) is 12.3 Å². The predicted molar refractivity (Wildman–Crippen MR) is 83.3 cm³/mol. The number of rotatable bonds is 3. The summed E-state index contributed by atoms with van der Waals surface area (Å²) < 4.78 is 5.44. The van der Waals surface area contributed by atoms with Gasteiger partial charge in [-0.2, -0.15) is 4.98 Å². The maximum Gasteiger partial charge on any atom is 0.240 e. The highest BCUT2D eigenvalue weighted by Crippen LogP contribution is 2.24. The molecule has 3 heterocycles. The van der Waals surface area contributed by atoms with Gasteiger partial charge in [0.2, 0.25) is 5.89 Å². The normalized spacial score (nSPS) is 20.2. The summed E-state index contributed by atoms with van der Waals surface area (Å²) in [6.07, 6.45) is 3.73. The number of nitrogens with one attached hydrogen (secondary N) is 1. The Balaban J connectivity index is 1.76. The number of aromatic nitrogens is 3. The minimum Gasteiger partial charge on any atom is -0.338 e. The molecule has 1 N–H and O–H groups in total. The zero-order chi connectivity index (χ0) is 15.6. The number of nitrogens with zero attached hydrogens (tertiary/aromatic N) is 4. The topological polar surface area (TPSA) is 67.1 Å². The van der Waals surface area contributed by atoms with Crippen LogP contribution in [0.4, 0.5) is 0 Å². The van der Waals surface area contributed by atoms with Crippen molar-refractivity contribution in [1.82, 2.24) is 25.3 Å². The highest BCUT2D eigenvalue weighted by atomic mass is 16.5. The van der Waals surface area contributed by atoms with Crippen LogP contribution in [0.15, 0.2) is 29.0 Å². The molecule has 1 aliphatic heterocycles. The Morgan fingerprint density at radius 3 is 2.95 bits per heavy atom. The highest BCUT2D eigenvalue weighted by molar-refractivity contribution is 5.15. The van der Waals surface area contributed by atoms with Crippen LogP contribution in [0.2, 0.25) is 0 Å². The highest BCUT2D eigenvalue weighted by Gasteiger charge is 2.27. The van der Waals surface area contributed by atoms with E-state index in [1.54, 1.807) is 6.20 Å². The summed E-state index contributed by atoms with van der Waals surface area (Å²) >= 11 is 0. The van der Waals surface area contributed by atoms with Crippen molar-refractivity contribution in [1.29, 1.82) is 0 Å². The summed E-state index contributed by atoms with van der Waals surface area (Å²) in [5.41, 5.74) is 1.12. The first-order valence-corrected chi connectivity index (χ1v) is 7.72. The van der Waals surface area contributed by atoms with Crippen LogP contribution in [-0.2, 0) is 12.0 Å². The van der Waals surface area contributed by atoms with Gasteiger partial charge in [-0.15, -0.1) is 0 Å². The van der Waals surface area contributed by atoms with Crippen molar-refractivity contribution in [2.75, 3.05) is 19.6 Å². The van der Waals surface area contributed by atoms with E-state index in [9.17, 15) is 0 Å². The van der Waals surface area contributed by atoms with Gasteiger partial charge in [-0.05, 0) is 11.6 Å². The third-order valence-electron chi connectivity index (χ3n) is 3.90. The standard InChI is InChI=1S/C16H23N5O/c1-16(2,3)15-19-14(22-20-15)11-21-8-7-18-10-13(21)12-5-4-6-17-9-12/h4-6,9,13,18H,7-8,10-11H2,1-3H3. The van der Waals surface area contributed by atoms with Crippen molar-refractivity contribution in [2.24, 2.45) is 0 Å². The van der Waals surface area contributed by atoms with Crippen LogP contribution in [0.3, 0.4) is 0 Å². The van der Waals surface area contributed by atoms with E-state index in [1.165, 1.54) is 5.56 Å². The van der Waals surface area contributed by atoms with Gasteiger partial charge in [0.1, 0.15) is 0 Å². The number of pyridine rings is 1. The fourth-order valence-corrected chi connectivity index (χ4v) is 2.63. The summed E-state index contributed by atoms with van der Waals surface area (Å²) in [7, 11) is 0. The fraction of sp³-hybridized carbons (Fsp3) is 0.562. The molecule has 1 fully saturated rings. The van der Waals surface area contributed by atoms with E-state index < -0.39 is 0 Å².